The van der Waals surface area contributed by atoms with Crippen molar-refractivity contribution < 1.29 is 4.79 Å². The van der Waals surface area contributed by atoms with Gasteiger partial charge in [0.2, 0.25) is 5.91 Å². The van der Waals surface area contributed by atoms with E-state index in [0.29, 0.717) is 22.6 Å². The standard InChI is InChI=1S/C21H26BrN3O2S/c1-14(2)23-19(26)13-28-21-24-18-9-8-16(22)12-17(18)20(27)25(21)11-10-15-6-4-3-5-7-15/h6,8-9,12,14H,3-5,7,10-11,13H2,1-2H3,(H,23,26). The van der Waals surface area contributed by atoms with E-state index in [1.807, 2.05) is 32.0 Å². The number of allylic oxidation sites excluding steroid dienone is 2. The zero-order chi connectivity index (χ0) is 20.1. The van der Waals surface area contributed by atoms with Crippen molar-refractivity contribution in [3.8, 4) is 0 Å². The summed E-state index contributed by atoms with van der Waals surface area (Å²) in [5.74, 6) is 0.196. The number of hydrogen-bond acceptors (Lipinski definition) is 4. The highest BCUT2D eigenvalue weighted by Gasteiger charge is 2.15. The third kappa shape index (κ3) is 5.47. The van der Waals surface area contributed by atoms with Gasteiger partial charge in [0.15, 0.2) is 5.16 Å². The average molecular weight is 464 g/mol. The third-order valence-corrected chi connectivity index (χ3v) is 6.17. The second kappa shape index (κ2) is 9.74. The van der Waals surface area contributed by atoms with Crippen molar-refractivity contribution in [2.45, 2.75) is 63.7 Å². The van der Waals surface area contributed by atoms with Crippen molar-refractivity contribution in [3.05, 3.63) is 44.7 Å². The molecule has 5 nitrogen and oxygen atoms in total. The first-order valence-corrected chi connectivity index (χ1v) is 11.5. The molecule has 3 rings (SSSR count). The highest BCUT2D eigenvalue weighted by Crippen LogP contribution is 2.24. The molecular formula is C21H26BrN3O2S. The molecule has 1 amide bonds. The second-order valence-corrected chi connectivity index (χ2v) is 9.24. The van der Waals surface area contributed by atoms with E-state index in [0.717, 1.165) is 23.7 Å². The van der Waals surface area contributed by atoms with Gasteiger partial charge in [-0.15, -0.1) is 0 Å². The van der Waals surface area contributed by atoms with Crippen LogP contribution in [-0.4, -0.2) is 27.3 Å². The predicted molar refractivity (Wildman–Crippen MR) is 119 cm³/mol. The molecule has 0 saturated carbocycles. The summed E-state index contributed by atoms with van der Waals surface area (Å²) in [7, 11) is 0. The van der Waals surface area contributed by atoms with Gasteiger partial charge in [-0.25, -0.2) is 4.98 Å². The van der Waals surface area contributed by atoms with Crippen molar-refractivity contribution in [2.24, 2.45) is 0 Å². The lowest BCUT2D eigenvalue weighted by molar-refractivity contribution is -0.119. The van der Waals surface area contributed by atoms with E-state index in [9.17, 15) is 9.59 Å². The third-order valence-electron chi connectivity index (χ3n) is 4.70. The Balaban J connectivity index is 1.89. The van der Waals surface area contributed by atoms with Crippen molar-refractivity contribution in [2.75, 3.05) is 5.75 Å². The largest absolute Gasteiger partial charge is 0.353 e. The van der Waals surface area contributed by atoms with Crippen LogP contribution in [0.5, 0.6) is 0 Å². The highest BCUT2D eigenvalue weighted by molar-refractivity contribution is 9.10. The van der Waals surface area contributed by atoms with Crippen LogP contribution < -0.4 is 10.9 Å². The van der Waals surface area contributed by atoms with E-state index in [2.05, 4.69) is 27.3 Å². The van der Waals surface area contributed by atoms with Crippen LogP contribution >= 0.6 is 27.7 Å². The van der Waals surface area contributed by atoms with E-state index in [1.165, 1.54) is 30.2 Å². The van der Waals surface area contributed by atoms with Crippen LogP contribution in [0.25, 0.3) is 10.9 Å². The maximum atomic E-state index is 13.2. The molecule has 0 spiro atoms. The van der Waals surface area contributed by atoms with Crippen LogP contribution in [0.3, 0.4) is 0 Å². The average Bonchev–Trinajstić information content (AvgIpc) is 2.66. The van der Waals surface area contributed by atoms with Crippen LogP contribution in [0, 0.1) is 0 Å². The number of carbonyl (C=O) groups is 1. The zero-order valence-corrected chi connectivity index (χ0v) is 18.7. The van der Waals surface area contributed by atoms with Gasteiger partial charge >= 0.3 is 0 Å². The molecule has 0 unspecified atom stereocenters. The number of fused-ring (bicyclic) bond motifs is 1. The van der Waals surface area contributed by atoms with Gasteiger partial charge in [-0.3, -0.25) is 14.2 Å². The van der Waals surface area contributed by atoms with Gasteiger partial charge in [-0.05, 0) is 64.2 Å². The number of halogens is 1. The molecular weight excluding hydrogens is 438 g/mol. The molecule has 0 bridgehead atoms. The molecule has 0 saturated heterocycles. The summed E-state index contributed by atoms with van der Waals surface area (Å²) in [4.78, 5) is 29.9. The van der Waals surface area contributed by atoms with Gasteiger partial charge < -0.3 is 5.32 Å². The molecule has 1 aliphatic rings. The van der Waals surface area contributed by atoms with Crippen LogP contribution in [0.15, 0.2) is 44.3 Å². The van der Waals surface area contributed by atoms with Gasteiger partial charge in [0, 0.05) is 17.1 Å². The van der Waals surface area contributed by atoms with Crippen LogP contribution in [-0.2, 0) is 11.3 Å². The van der Waals surface area contributed by atoms with E-state index >= 15 is 0 Å². The minimum Gasteiger partial charge on any atom is -0.353 e. The van der Waals surface area contributed by atoms with Crippen LogP contribution in [0.4, 0.5) is 0 Å². The summed E-state index contributed by atoms with van der Waals surface area (Å²) >= 11 is 4.77. The zero-order valence-electron chi connectivity index (χ0n) is 16.3. The number of rotatable bonds is 7. The Labute approximate surface area is 178 Å². The number of aromatic nitrogens is 2. The van der Waals surface area contributed by atoms with Crippen molar-refractivity contribution >= 4 is 44.5 Å². The topological polar surface area (TPSA) is 64.0 Å². The Morgan fingerprint density at radius 1 is 1.36 bits per heavy atom. The van der Waals surface area contributed by atoms with Gasteiger partial charge in [0.25, 0.3) is 5.56 Å². The SMILES string of the molecule is CC(C)NC(=O)CSc1nc2ccc(Br)cc2c(=O)n1CCC1=CCCCC1. The Kier molecular flexibility index (Phi) is 7.35. The molecule has 1 N–H and O–H groups in total. The summed E-state index contributed by atoms with van der Waals surface area (Å²) in [5.41, 5.74) is 2.03. The first-order valence-electron chi connectivity index (χ1n) is 9.74. The molecule has 1 aromatic heterocycles. The summed E-state index contributed by atoms with van der Waals surface area (Å²) in [6, 6.07) is 5.63. The molecule has 1 aliphatic carbocycles. The Hall–Kier alpha value is -1.60. The number of amides is 1. The molecule has 2 aromatic rings. The van der Waals surface area contributed by atoms with Crippen LogP contribution in [0.2, 0.25) is 0 Å². The summed E-state index contributed by atoms with van der Waals surface area (Å²) in [5, 5.41) is 4.09. The number of carbonyl (C=O) groups excluding carboxylic acids is 1. The van der Waals surface area contributed by atoms with Crippen molar-refractivity contribution in [1.29, 1.82) is 0 Å². The number of thioether (sulfide) groups is 1. The van der Waals surface area contributed by atoms with Gasteiger partial charge in [0.1, 0.15) is 0 Å². The fourth-order valence-electron chi connectivity index (χ4n) is 3.36. The fraction of sp³-hybridized carbons (Fsp3) is 0.476. The van der Waals surface area contributed by atoms with Crippen LogP contribution in [0.1, 0.15) is 46.0 Å². The van der Waals surface area contributed by atoms with Gasteiger partial charge in [-0.1, -0.05) is 39.3 Å². The molecule has 0 aliphatic heterocycles. The molecule has 0 atom stereocenters. The van der Waals surface area contributed by atoms with E-state index in [4.69, 9.17) is 4.98 Å². The lowest BCUT2D eigenvalue weighted by Gasteiger charge is -2.16. The highest BCUT2D eigenvalue weighted by atomic mass is 79.9. The number of nitrogens with one attached hydrogen (secondary N) is 1. The second-order valence-electron chi connectivity index (χ2n) is 7.38. The molecule has 0 radical (unpaired) electrons. The summed E-state index contributed by atoms with van der Waals surface area (Å²) in [6.45, 7) is 4.46. The first kappa shape index (κ1) is 21.1. The lowest BCUT2D eigenvalue weighted by Crippen LogP contribution is -2.32. The molecule has 7 heteroatoms. The van der Waals surface area contributed by atoms with Crippen molar-refractivity contribution in [1.82, 2.24) is 14.9 Å². The monoisotopic (exact) mass is 463 g/mol. The molecule has 0 fully saturated rings. The Morgan fingerprint density at radius 3 is 2.89 bits per heavy atom. The lowest BCUT2D eigenvalue weighted by atomic mass is 9.97. The maximum absolute atomic E-state index is 13.2. The molecule has 1 aromatic carbocycles. The maximum Gasteiger partial charge on any atom is 0.262 e. The van der Waals surface area contributed by atoms with E-state index in [1.54, 1.807) is 4.57 Å². The number of benzene rings is 1. The normalized spacial score (nSPS) is 14.4. The summed E-state index contributed by atoms with van der Waals surface area (Å²) in [6.07, 6.45) is 7.88. The minimum atomic E-state index is -0.0494. The molecule has 1 heterocycles. The van der Waals surface area contributed by atoms with Gasteiger partial charge in [-0.2, -0.15) is 0 Å². The smallest absolute Gasteiger partial charge is 0.262 e. The number of hydrogen-bond donors (Lipinski definition) is 1. The first-order chi connectivity index (χ1) is 13.4. The quantitative estimate of drug-likeness (QED) is 0.368. The van der Waals surface area contributed by atoms with E-state index < -0.39 is 0 Å². The fourth-order valence-corrected chi connectivity index (χ4v) is 4.56. The van der Waals surface area contributed by atoms with E-state index in [-0.39, 0.29) is 23.3 Å². The molecule has 150 valence electrons. The summed E-state index contributed by atoms with van der Waals surface area (Å²) < 4.78 is 2.59. The molecule has 28 heavy (non-hydrogen) atoms. The minimum absolute atomic E-state index is 0.0468. The Bertz CT molecular complexity index is 953. The Morgan fingerprint density at radius 2 is 2.18 bits per heavy atom. The predicted octanol–water partition coefficient (Wildman–Crippen LogP) is 4.67. The van der Waals surface area contributed by atoms with Crippen molar-refractivity contribution in [3.63, 3.8) is 0 Å². The number of nitrogens with zero attached hydrogens (tertiary/aromatic N) is 2. The van der Waals surface area contributed by atoms with Gasteiger partial charge in [0.05, 0.1) is 16.7 Å².